The Morgan fingerprint density at radius 3 is 2.67 bits per heavy atom. The predicted octanol–water partition coefficient (Wildman–Crippen LogP) is 2.65. The molecule has 0 radical (unpaired) electrons. The lowest BCUT2D eigenvalue weighted by molar-refractivity contribution is -0.383. The molecule has 1 heterocycles. The fourth-order valence-corrected chi connectivity index (χ4v) is 2.28. The third-order valence-electron chi connectivity index (χ3n) is 2.96. The zero-order valence-electron chi connectivity index (χ0n) is 11.5. The fourth-order valence-electron chi connectivity index (χ4n) is 1.89. The molecule has 1 aromatic heterocycles. The second-order valence-corrected chi connectivity index (χ2v) is 5.54. The Bertz CT molecular complexity index is 711. The molecule has 7 nitrogen and oxygen atoms in total. The van der Waals surface area contributed by atoms with Gasteiger partial charge in [0.15, 0.2) is 0 Å². The number of nitrogens with one attached hydrogen (secondary N) is 1. The molecule has 8 heteroatoms. The molecule has 1 aromatic carbocycles. The number of carbonyl (C=O) groups excluding carboxylic acids is 1. The topological polar surface area (TPSA) is 90.1 Å². The minimum absolute atomic E-state index is 0.0156. The van der Waals surface area contributed by atoms with Crippen LogP contribution in [0.15, 0.2) is 24.3 Å². The molecule has 0 aliphatic rings. The summed E-state index contributed by atoms with van der Waals surface area (Å²) in [6, 6.07) is 6.04. The van der Waals surface area contributed by atoms with Gasteiger partial charge in [0.2, 0.25) is 5.91 Å². The molecule has 110 valence electrons. The first-order chi connectivity index (χ1) is 9.90. The van der Waals surface area contributed by atoms with Crippen molar-refractivity contribution in [3.63, 3.8) is 0 Å². The first kappa shape index (κ1) is 15.4. The number of amides is 1. The highest BCUT2D eigenvalue weighted by Crippen LogP contribution is 2.23. The quantitative estimate of drug-likeness (QED) is 0.486. The normalized spacial score (nSPS) is 10.4. The number of para-hydroxylation sites is 2. The molecule has 2 rings (SSSR count). The number of halogens is 1. The number of rotatable bonds is 4. The molecule has 0 aliphatic carbocycles. The molecule has 0 saturated heterocycles. The van der Waals surface area contributed by atoms with E-state index in [2.05, 4.69) is 33.0 Å². The fraction of sp³-hybridized carbons (Fsp3) is 0.231. The summed E-state index contributed by atoms with van der Waals surface area (Å²) in [5.74, 6) is -0.355. The molecule has 0 atom stereocenters. The molecule has 2 aromatic rings. The van der Waals surface area contributed by atoms with Gasteiger partial charge < -0.3 is 5.32 Å². The minimum Gasteiger partial charge on any atom is -0.319 e. The van der Waals surface area contributed by atoms with E-state index in [9.17, 15) is 14.9 Å². The second-order valence-electron chi connectivity index (χ2n) is 4.46. The van der Waals surface area contributed by atoms with Crippen molar-refractivity contribution < 1.29 is 9.72 Å². The monoisotopic (exact) mass is 400 g/mol. The Kier molecular flexibility index (Phi) is 4.56. The third-order valence-corrected chi connectivity index (χ3v) is 4.52. The van der Waals surface area contributed by atoms with Gasteiger partial charge in [-0.15, -0.1) is 0 Å². The van der Waals surface area contributed by atoms with Crippen LogP contribution < -0.4 is 5.32 Å². The highest BCUT2D eigenvalue weighted by atomic mass is 127. The minimum atomic E-state index is -0.526. The van der Waals surface area contributed by atoms with E-state index in [1.165, 1.54) is 12.1 Å². The van der Waals surface area contributed by atoms with Crippen LogP contribution in [0, 0.1) is 27.5 Å². The van der Waals surface area contributed by atoms with Crippen LogP contribution in [0.1, 0.15) is 11.4 Å². The number of carbonyl (C=O) groups is 1. The van der Waals surface area contributed by atoms with Crippen molar-refractivity contribution in [1.82, 2.24) is 9.78 Å². The standard InChI is InChI=1S/C13H13IN4O3/c1-8-13(14)9(2)17(16-8)7-12(19)15-10-5-3-4-6-11(10)18(20)21/h3-6H,7H2,1-2H3,(H,15,19). The molecule has 0 unspecified atom stereocenters. The van der Waals surface area contributed by atoms with E-state index in [1.54, 1.807) is 16.8 Å². The highest BCUT2D eigenvalue weighted by Gasteiger charge is 2.16. The Balaban J connectivity index is 2.16. The molecular weight excluding hydrogens is 387 g/mol. The summed E-state index contributed by atoms with van der Waals surface area (Å²) in [7, 11) is 0. The maximum atomic E-state index is 12.0. The van der Waals surface area contributed by atoms with Crippen LogP contribution in [-0.4, -0.2) is 20.6 Å². The number of aromatic nitrogens is 2. The summed E-state index contributed by atoms with van der Waals surface area (Å²) >= 11 is 2.17. The predicted molar refractivity (Wildman–Crippen MR) is 86.1 cm³/mol. The lowest BCUT2D eigenvalue weighted by atomic mass is 10.2. The Morgan fingerprint density at radius 2 is 2.10 bits per heavy atom. The van der Waals surface area contributed by atoms with Crippen LogP contribution in [0.3, 0.4) is 0 Å². The van der Waals surface area contributed by atoms with E-state index in [-0.39, 0.29) is 23.8 Å². The number of benzene rings is 1. The molecular formula is C13H13IN4O3. The summed E-state index contributed by atoms with van der Waals surface area (Å²) < 4.78 is 2.59. The van der Waals surface area contributed by atoms with Gasteiger partial charge in [-0.1, -0.05) is 12.1 Å². The molecule has 1 amide bonds. The molecule has 1 N–H and O–H groups in total. The molecule has 0 saturated carbocycles. The maximum Gasteiger partial charge on any atom is 0.292 e. The highest BCUT2D eigenvalue weighted by molar-refractivity contribution is 14.1. The second kappa shape index (κ2) is 6.20. The number of hydrogen-bond donors (Lipinski definition) is 1. The van der Waals surface area contributed by atoms with Crippen molar-refractivity contribution in [2.75, 3.05) is 5.32 Å². The van der Waals surface area contributed by atoms with Crippen LogP contribution in [0.25, 0.3) is 0 Å². The average Bonchev–Trinajstić information content (AvgIpc) is 2.66. The molecule has 0 spiro atoms. The molecule has 0 aliphatic heterocycles. The molecule has 0 bridgehead atoms. The SMILES string of the molecule is Cc1nn(CC(=O)Nc2ccccc2[N+](=O)[O-])c(C)c1I. The van der Waals surface area contributed by atoms with Gasteiger partial charge in [0.25, 0.3) is 5.69 Å². The van der Waals surface area contributed by atoms with E-state index >= 15 is 0 Å². The van der Waals surface area contributed by atoms with Crippen molar-refractivity contribution in [2.24, 2.45) is 0 Å². The molecule has 0 fully saturated rings. The van der Waals surface area contributed by atoms with Crippen molar-refractivity contribution >= 4 is 39.9 Å². The Labute approximate surface area is 134 Å². The first-order valence-electron chi connectivity index (χ1n) is 6.13. The first-order valence-corrected chi connectivity index (χ1v) is 7.20. The van der Waals surface area contributed by atoms with E-state index in [4.69, 9.17) is 0 Å². The summed E-state index contributed by atoms with van der Waals surface area (Å²) in [5.41, 5.74) is 1.80. The van der Waals surface area contributed by atoms with Gasteiger partial charge in [-0.3, -0.25) is 19.6 Å². The van der Waals surface area contributed by atoms with Gasteiger partial charge in [-0.25, -0.2) is 0 Å². The molecule has 21 heavy (non-hydrogen) atoms. The van der Waals surface area contributed by atoms with Gasteiger partial charge in [0.05, 0.1) is 14.2 Å². The van der Waals surface area contributed by atoms with Crippen LogP contribution >= 0.6 is 22.6 Å². The summed E-state index contributed by atoms with van der Waals surface area (Å²) in [4.78, 5) is 22.4. The van der Waals surface area contributed by atoms with Gasteiger partial charge >= 0.3 is 0 Å². The van der Waals surface area contributed by atoms with Gasteiger partial charge in [-0.2, -0.15) is 5.10 Å². The van der Waals surface area contributed by atoms with E-state index in [0.717, 1.165) is 15.0 Å². The van der Waals surface area contributed by atoms with Gasteiger partial charge in [0.1, 0.15) is 12.2 Å². The van der Waals surface area contributed by atoms with E-state index in [1.807, 2.05) is 13.8 Å². The number of nitrogens with zero attached hydrogens (tertiary/aromatic N) is 3. The van der Waals surface area contributed by atoms with Crippen LogP contribution in [0.2, 0.25) is 0 Å². The number of aryl methyl sites for hydroxylation is 1. The van der Waals surface area contributed by atoms with Crippen LogP contribution in [0.4, 0.5) is 11.4 Å². The van der Waals surface area contributed by atoms with Crippen molar-refractivity contribution in [3.8, 4) is 0 Å². The number of anilines is 1. The zero-order chi connectivity index (χ0) is 15.6. The van der Waals surface area contributed by atoms with Gasteiger partial charge in [0, 0.05) is 11.8 Å². The largest absolute Gasteiger partial charge is 0.319 e. The summed E-state index contributed by atoms with van der Waals surface area (Å²) in [6.07, 6.45) is 0. The summed E-state index contributed by atoms with van der Waals surface area (Å²) in [6.45, 7) is 3.76. The zero-order valence-corrected chi connectivity index (χ0v) is 13.6. The number of hydrogen-bond acceptors (Lipinski definition) is 4. The van der Waals surface area contributed by atoms with Crippen LogP contribution in [-0.2, 0) is 11.3 Å². The van der Waals surface area contributed by atoms with E-state index in [0.29, 0.717) is 0 Å². The van der Waals surface area contributed by atoms with Crippen LogP contribution in [0.5, 0.6) is 0 Å². The number of nitro groups is 1. The third kappa shape index (κ3) is 3.38. The lowest BCUT2D eigenvalue weighted by Gasteiger charge is -2.07. The van der Waals surface area contributed by atoms with Gasteiger partial charge in [-0.05, 0) is 42.5 Å². The van der Waals surface area contributed by atoms with Crippen molar-refractivity contribution in [1.29, 1.82) is 0 Å². The summed E-state index contributed by atoms with van der Waals surface area (Å²) in [5, 5.41) is 17.7. The lowest BCUT2D eigenvalue weighted by Crippen LogP contribution is -2.20. The number of nitro benzene ring substituents is 1. The van der Waals surface area contributed by atoms with E-state index < -0.39 is 4.92 Å². The maximum absolute atomic E-state index is 12.0. The average molecular weight is 400 g/mol. The van der Waals surface area contributed by atoms with Crippen molar-refractivity contribution in [2.45, 2.75) is 20.4 Å². The smallest absolute Gasteiger partial charge is 0.292 e. The Morgan fingerprint density at radius 1 is 1.43 bits per heavy atom. The Hall–Kier alpha value is -1.97. The van der Waals surface area contributed by atoms with Crippen molar-refractivity contribution in [3.05, 3.63) is 49.3 Å².